The molecule has 7 nitrogen and oxygen atoms in total. The molecular formula is C18H19F2N5O2S. The Bertz CT molecular complexity index is 992. The van der Waals surface area contributed by atoms with Gasteiger partial charge in [-0.15, -0.1) is 5.10 Å². The molecule has 2 aromatic heterocycles. The van der Waals surface area contributed by atoms with E-state index in [-0.39, 0.29) is 24.6 Å². The highest BCUT2D eigenvalue weighted by Crippen LogP contribution is 2.18. The summed E-state index contributed by atoms with van der Waals surface area (Å²) in [6.45, 7) is 1.14. The van der Waals surface area contributed by atoms with Crippen molar-refractivity contribution in [1.82, 2.24) is 24.9 Å². The zero-order valence-electron chi connectivity index (χ0n) is 15.6. The molecule has 28 heavy (non-hydrogen) atoms. The maximum Gasteiger partial charge on any atom is 0.387 e. The van der Waals surface area contributed by atoms with Crippen LogP contribution in [0, 0.1) is 13.8 Å². The van der Waals surface area contributed by atoms with Crippen molar-refractivity contribution in [3.8, 4) is 5.75 Å². The van der Waals surface area contributed by atoms with Crippen LogP contribution in [0.4, 0.5) is 8.78 Å². The molecule has 0 radical (unpaired) electrons. The third kappa shape index (κ3) is 4.56. The van der Waals surface area contributed by atoms with Crippen LogP contribution in [-0.4, -0.2) is 38.4 Å². The summed E-state index contributed by atoms with van der Waals surface area (Å²) < 4.78 is 30.3. The van der Waals surface area contributed by atoms with Crippen molar-refractivity contribution in [2.75, 3.05) is 6.26 Å². The second-order valence-electron chi connectivity index (χ2n) is 6.05. The Morgan fingerprint density at radius 2 is 1.96 bits per heavy atom. The van der Waals surface area contributed by atoms with Crippen molar-refractivity contribution < 1.29 is 18.3 Å². The van der Waals surface area contributed by atoms with E-state index >= 15 is 0 Å². The number of amides is 1. The second kappa shape index (κ2) is 8.51. The zero-order valence-corrected chi connectivity index (χ0v) is 16.4. The summed E-state index contributed by atoms with van der Waals surface area (Å²) in [6, 6.07) is 6.13. The van der Waals surface area contributed by atoms with Crippen molar-refractivity contribution in [3.63, 3.8) is 0 Å². The number of nitrogens with one attached hydrogen (secondary N) is 1. The van der Waals surface area contributed by atoms with Crippen LogP contribution in [0.5, 0.6) is 5.75 Å². The number of fused-ring (bicyclic) bond motifs is 1. The predicted molar refractivity (Wildman–Crippen MR) is 101 cm³/mol. The molecule has 2 heterocycles. The molecule has 0 atom stereocenters. The Morgan fingerprint density at radius 3 is 2.61 bits per heavy atom. The lowest BCUT2D eigenvalue weighted by Crippen LogP contribution is -2.25. The summed E-state index contributed by atoms with van der Waals surface area (Å²) in [5, 5.41) is 7.81. The molecule has 0 aliphatic heterocycles. The quantitative estimate of drug-likeness (QED) is 0.607. The third-order valence-corrected chi connectivity index (χ3v) is 4.73. The average molecular weight is 407 g/mol. The number of benzene rings is 1. The van der Waals surface area contributed by atoms with Gasteiger partial charge in [-0.1, -0.05) is 23.9 Å². The van der Waals surface area contributed by atoms with Crippen molar-refractivity contribution in [3.05, 3.63) is 46.8 Å². The van der Waals surface area contributed by atoms with Gasteiger partial charge in [0, 0.05) is 23.5 Å². The molecule has 3 rings (SSSR count). The standard InChI is InChI=1S/C18H19F2N5O2S/c1-10-14(11(2)25-17(22-10)23-18(24-25)28-3)8-15(26)21-9-12-4-6-13(7-5-12)27-16(19)20/h4-7,16H,8-9H2,1-3H3,(H,21,26). The molecule has 3 aromatic rings. The van der Waals surface area contributed by atoms with Gasteiger partial charge >= 0.3 is 6.61 Å². The lowest BCUT2D eigenvalue weighted by atomic mass is 10.1. The van der Waals surface area contributed by atoms with E-state index in [0.29, 0.717) is 10.9 Å². The van der Waals surface area contributed by atoms with Crippen LogP contribution in [0.3, 0.4) is 0 Å². The molecule has 1 N–H and O–H groups in total. The van der Waals surface area contributed by atoms with Gasteiger partial charge in [-0.3, -0.25) is 4.79 Å². The van der Waals surface area contributed by atoms with E-state index in [4.69, 9.17) is 0 Å². The molecule has 148 valence electrons. The first-order chi connectivity index (χ1) is 13.4. The van der Waals surface area contributed by atoms with Gasteiger partial charge in [0.2, 0.25) is 11.1 Å². The molecule has 10 heteroatoms. The minimum Gasteiger partial charge on any atom is -0.435 e. The van der Waals surface area contributed by atoms with E-state index in [1.807, 2.05) is 20.1 Å². The Balaban J connectivity index is 1.66. The van der Waals surface area contributed by atoms with Gasteiger partial charge in [0.15, 0.2) is 0 Å². The van der Waals surface area contributed by atoms with Gasteiger partial charge in [0.05, 0.1) is 6.42 Å². The van der Waals surface area contributed by atoms with Crippen LogP contribution in [-0.2, 0) is 17.8 Å². The number of hydrogen-bond acceptors (Lipinski definition) is 6. The smallest absolute Gasteiger partial charge is 0.387 e. The minimum absolute atomic E-state index is 0.0770. The molecule has 0 saturated carbocycles. The number of alkyl halides is 2. The van der Waals surface area contributed by atoms with Crippen LogP contribution in [0.15, 0.2) is 29.4 Å². The minimum atomic E-state index is -2.86. The highest BCUT2D eigenvalue weighted by Gasteiger charge is 2.16. The van der Waals surface area contributed by atoms with Gasteiger partial charge in [-0.2, -0.15) is 13.8 Å². The van der Waals surface area contributed by atoms with E-state index in [1.54, 1.807) is 16.6 Å². The summed E-state index contributed by atoms with van der Waals surface area (Å²) in [6.07, 6.45) is 2.04. The van der Waals surface area contributed by atoms with Gasteiger partial charge in [-0.05, 0) is 37.8 Å². The van der Waals surface area contributed by atoms with E-state index < -0.39 is 6.61 Å². The Morgan fingerprint density at radius 1 is 1.25 bits per heavy atom. The monoisotopic (exact) mass is 407 g/mol. The Labute approximate surface area is 164 Å². The molecule has 1 amide bonds. The molecule has 0 aliphatic carbocycles. The fourth-order valence-electron chi connectivity index (χ4n) is 2.74. The molecule has 0 saturated heterocycles. The summed E-state index contributed by atoms with van der Waals surface area (Å²) in [5.74, 6) is 0.410. The number of carbonyl (C=O) groups excluding carboxylic acids is 1. The van der Waals surface area contributed by atoms with Crippen molar-refractivity contribution in [2.24, 2.45) is 0 Å². The number of aryl methyl sites for hydroxylation is 2. The van der Waals surface area contributed by atoms with Crippen LogP contribution in [0.25, 0.3) is 5.78 Å². The van der Waals surface area contributed by atoms with Crippen LogP contribution in [0.1, 0.15) is 22.5 Å². The lowest BCUT2D eigenvalue weighted by molar-refractivity contribution is -0.120. The number of ether oxygens (including phenoxy) is 1. The van der Waals surface area contributed by atoms with Crippen molar-refractivity contribution in [2.45, 2.75) is 38.6 Å². The first kappa shape index (κ1) is 20.0. The maximum atomic E-state index is 12.4. The molecule has 0 unspecified atom stereocenters. The number of rotatable bonds is 7. The zero-order chi connectivity index (χ0) is 20.3. The van der Waals surface area contributed by atoms with Crippen LogP contribution in [0.2, 0.25) is 0 Å². The van der Waals surface area contributed by atoms with E-state index in [9.17, 15) is 13.6 Å². The van der Waals surface area contributed by atoms with Gasteiger partial charge < -0.3 is 10.1 Å². The van der Waals surface area contributed by atoms with Crippen molar-refractivity contribution >= 4 is 23.4 Å². The number of carbonyl (C=O) groups is 1. The predicted octanol–water partition coefficient (Wildman–Crippen LogP) is 2.92. The normalized spacial score (nSPS) is 11.2. The fraction of sp³-hybridized carbons (Fsp3) is 0.333. The number of aromatic nitrogens is 4. The average Bonchev–Trinajstić information content (AvgIpc) is 3.07. The largest absolute Gasteiger partial charge is 0.435 e. The lowest BCUT2D eigenvalue weighted by Gasteiger charge is -2.11. The number of hydrogen-bond donors (Lipinski definition) is 1. The SMILES string of the molecule is CSc1nc2nc(C)c(CC(=O)NCc3ccc(OC(F)F)cc3)c(C)n2n1. The van der Waals surface area contributed by atoms with E-state index in [2.05, 4.69) is 25.1 Å². The van der Waals surface area contributed by atoms with Gasteiger partial charge in [0.1, 0.15) is 5.75 Å². The highest BCUT2D eigenvalue weighted by molar-refractivity contribution is 7.98. The first-order valence-electron chi connectivity index (χ1n) is 8.44. The van der Waals surface area contributed by atoms with E-state index in [1.165, 1.54) is 23.9 Å². The molecule has 1 aromatic carbocycles. The molecule has 0 aliphatic rings. The van der Waals surface area contributed by atoms with Crippen LogP contribution >= 0.6 is 11.8 Å². The fourth-order valence-corrected chi connectivity index (χ4v) is 3.08. The molecular weight excluding hydrogens is 388 g/mol. The number of thioether (sulfide) groups is 1. The Hall–Kier alpha value is -2.75. The van der Waals surface area contributed by atoms with Crippen LogP contribution < -0.4 is 10.1 Å². The molecule has 0 bridgehead atoms. The third-order valence-electron chi connectivity index (χ3n) is 4.19. The number of halogens is 2. The van der Waals surface area contributed by atoms with Gasteiger partial charge in [0.25, 0.3) is 5.78 Å². The van der Waals surface area contributed by atoms with Crippen molar-refractivity contribution in [1.29, 1.82) is 0 Å². The first-order valence-corrected chi connectivity index (χ1v) is 9.67. The Kier molecular flexibility index (Phi) is 6.08. The molecule has 0 fully saturated rings. The number of nitrogens with zero attached hydrogens (tertiary/aromatic N) is 4. The molecule has 0 spiro atoms. The summed E-state index contributed by atoms with van der Waals surface area (Å²) in [5.41, 5.74) is 3.12. The summed E-state index contributed by atoms with van der Waals surface area (Å²) >= 11 is 1.43. The van der Waals surface area contributed by atoms with E-state index in [0.717, 1.165) is 22.5 Å². The summed E-state index contributed by atoms with van der Waals surface area (Å²) in [4.78, 5) is 21.1. The summed E-state index contributed by atoms with van der Waals surface area (Å²) in [7, 11) is 0. The maximum absolute atomic E-state index is 12.4. The topological polar surface area (TPSA) is 81.4 Å². The van der Waals surface area contributed by atoms with Gasteiger partial charge in [-0.25, -0.2) is 9.50 Å². The highest BCUT2D eigenvalue weighted by atomic mass is 32.2. The second-order valence-corrected chi connectivity index (χ2v) is 6.82.